The van der Waals surface area contributed by atoms with Gasteiger partial charge in [-0.1, -0.05) is 60.7 Å². The van der Waals surface area contributed by atoms with E-state index in [1.807, 2.05) is 0 Å². The molecule has 0 aromatic heterocycles. The fraction of sp³-hybridized carbons (Fsp3) is 0.452. The summed E-state index contributed by atoms with van der Waals surface area (Å²) in [5, 5.41) is 56.2. The van der Waals surface area contributed by atoms with Crippen molar-refractivity contribution in [2.24, 2.45) is 5.73 Å². The Morgan fingerprint density at radius 3 is 1.42 bits per heavy atom. The number of aliphatic hydroxyl groups is 1. The summed E-state index contributed by atoms with van der Waals surface area (Å²) in [7, 11) is 0. The number of carboxylic acids is 3. The van der Waals surface area contributed by atoms with Crippen LogP contribution in [-0.4, -0.2) is 147 Å². The Bertz CT molecular complexity index is 2040. The molecule has 0 radical (unpaired) electrons. The van der Waals surface area contributed by atoms with Crippen molar-refractivity contribution >= 4 is 65.2 Å². The highest BCUT2D eigenvalue weighted by atomic mass is 16.4. The van der Waals surface area contributed by atoms with Gasteiger partial charge in [0.1, 0.15) is 42.3 Å². The minimum absolute atomic E-state index is 0.0905. The third-order valence-corrected chi connectivity index (χ3v) is 9.61. The molecule has 24 nitrogen and oxygen atoms in total. The average Bonchev–Trinajstić information content (AvgIpc) is 3.27. The number of benzene rings is 2. The van der Waals surface area contributed by atoms with Crippen LogP contribution < -0.4 is 48.3 Å². The van der Waals surface area contributed by atoms with Crippen molar-refractivity contribution in [1.82, 2.24) is 42.5 Å². The molecule has 66 heavy (non-hydrogen) atoms. The van der Waals surface area contributed by atoms with Gasteiger partial charge in [-0.15, -0.1) is 0 Å². The van der Waals surface area contributed by atoms with Gasteiger partial charge < -0.3 is 68.7 Å². The molecule has 0 saturated carbocycles. The molecule has 14 N–H and O–H groups in total. The molecule has 8 amide bonds. The third-order valence-electron chi connectivity index (χ3n) is 9.61. The fourth-order valence-electron chi connectivity index (χ4n) is 5.83. The van der Waals surface area contributed by atoms with Gasteiger partial charge in [0.15, 0.2) is 0 Å². The molecular weight excluding hydrogens is 871 g/mol. The zero-order chi connectivity index (χ0) is 49.5. The van der Waals surface area contributed by atoms with Gasteiger partial charge in [0.25, 0.3) is 0 Å². The van der Waals surface area contributed by atoms with Gasteiger partial charge in [-0.2, -0.15) is 0 Å². The summed E-state index contributed by atoms with van der Waals surface area (Å²) < 4.78 is 0. The number of carbonyl (C=O) groups excluding carboxylic acids is 8. The molecule has 2 aromatic carbocycles. The predicted molar refractivity (Wildman–Crippen MR) is 230 cm³/mol. The number of amides is 8. The maximum atomic E-state index is 13.5. The molecular formula is C42H57N9O15. The van der Waals surface area contributed by atoms with Gasteiger partial charge in [-0.3, -0.25) is 47.9 Å². The van der Waals surface area contributed by atoms with Crippen LogP contribution in [0.5, 0.6) is 0 Å². The first kappa shape index (κ1) is 54.7. The molecule has 0 unspecified atom stereocenters. The van der Waals surface area contributed by atoms with Crippen LogP contribution in [0.25, 0.3) is 0 Å². The van der Waals surface area contributed by atoms with Crippen LogP contribution in [0, 0.1) is 0 Å². The normalized spacial score (nSPS) is 14.4. The maximum Gasteiger partial charge on any atom is 0.326 e. The standard InChI is InChI=1S/C42H57N9O15/c1-22(47-39(62)28(15-17-34(56)57)48-38(61)27(43)14-16-33(54)55)35(58)44-20-32(53)45-23(2)36(59)46-24(3)37(60)49-29(18-25-10-6-4-7-11-25)40(63)51-31(21-52)41(64)50-30(42(65)66)19-26-12-8-5-9-13-26/h4-13,22-24,27-31,52H,14-21,43H2,1-3H3,(H,44,58)(H,45,53)(H,46,59)(H,47,62)(H,48,61)(H,49,60)(H,50,64)(H,51,63)(H,54,55)(H,56,57)(H,65,66)/t22-,23-,24-,27-,28-,29-,30-,31-/m0/s1. The van der Waals surface area contributed by atoms with Crippen molar-refractivity contribution in [1.29, 1.82) is 0 Å². The average molecular weight is 928 g/mol. The van der Waals surface area contributed by atoms with E-state index in [0.29, 0.717) is 11.1 Å². The van der Waals surface area contributed by atoms with E-state index in [9.17, 15) is 63.0 Å². The molecule has 0 aliphatic carbocycles. The van der Waals surface area contributed by atoms with Gasteiger partial charge in [0.05, 0.1) is 19.2 Å². The summed E-state index contributed by atoms with van der Waals surface area (Å²) in [5.41, 5.74) is 6.86. The van der Waals surface area contributed by atoms with E-state index in [4.69, 9.17) is 15.9 Å². The lowest BCUT2D eigenvalue weighted by Gasteiger charge is -2.25. The zero-order valence-corrected chi connectivity index (χ0v) is 36.4. The van der Waals surface area contributed by atoms with Crippen molar-refractivity contribution < 1.29 is 73.2 Å². The fourth-order valence-corrected chi connectivity index (χ4v) is 5.83. The van der Waals surface area contributed by atoms with Crippen LogP contribution in [0.4, 0.5) is 0 Å². The molecule has 2 aromatic rings. The first-order valence-electron chi connectivity index (χ1n) is 20.6. The first-order chi connectivity index (χ1) is 31.1. The Hall–Kier alpha value is -7.47. The molecule has 8 atom stereocenters. The van der Waals surface area contributed by atoms with Crippen LogP contribution in [0.2, 0.25) is 0 Å². The minimum atomic E-state index is -1.62. The highest BCUT2D eigenvalue weighted by molar-refractivity contribution is 5.97. The molecule has 2 rings (SSSR count). The quantitative estimate of drug-likeness (QED) is 0.0389. The highest BCUT2D eigenvalue weighted by Gasteiger charge is 2.32. The van der Waals surface area contributed by atoms with Crippen LogP contribution in [0.15, 0.2) is 60.7 Å². The number of hydrogen-bond donors (Lipinski definition) is 13. The topological polar surface area (TPSA) is 391 Å². The second kappa shape index (κ2) is 27.7. The number of carbonyl (C=O) groups is 11. The van der Waals surface area contributed by atoms with E-state index in [0.717, 1.165) is 0 Å². The van der Waals surface area contributed by atoms with E-state index >= 15 is 0 Å². The lowest BCUT2D eigenvalue weighted by Crippen LogP contribution is -2.59. The molecule has 0 aliphatic rings. The summed E-state index contributed by atoms with van der Waals surface area (Å²) in [5.74, 6) is -11.2. The molecule has 360 valence electrons. The molecule has 0 bridgehead atoms. The van der Waals surface area contributed by atoms with Gasteiger partial charge in [0.2, 0.25) is 47.3 Å². The number of rotatable bonds is 28. The van der Waals surface area contributed by atoms with E-state index < -0.39 is 146 Å². The van der Waals surface area contributed by atoms with E-state index in [1.165, 1.54) is 20.8 Å². The van der Waals surface area contributed by atoms with E-state index in [-0.39, 0.29) is 19.3 Å². The number of nitrogens with two attached hydrogens (primary N) is 1. The summed E-state index contributed by atoms with van der Waals surface area (Å²) in [6.07, 6.45) is -1.89. The van der Waals surface area contributed by atoms with Crippen LogP contribution in [-0.2, 0) is 65.6 Å². The summed E-state index contributed by atoms with van der Waals surface area (Å²) in [6.45, 7) is 2.15. The van der Waals surface area contributed by atoms with Gasteiger partial charge in [-0.25, -0.2) is 4.79 Å². The molecule has 0 heterocycles. The van der Waals surface area contributed by atoms with Gasteiger partial charge >= 0.3 is 17.9 Å². The number of hydrogen-bond acceptors (Lipinski definition) is 13. The van der Waals surface area contributed by atoms with Crippen molar-refractivity contribution in [2.45, 2.75) is 108 Å². The Balaban J connectivity index is 1.99. The number of aliphatic hydroxyl groups excluding tert-OH is 1. The summed E-state index contributed by atoms with van der Waals surface area (Å²) in [4.78, 5) is 138. The Labute approximate surface area is 378 Å². The van der Waals surface area contributed by atoms with Crippen LogP contribution in [0.1, 0.15) is 57.6 Å². The zero-order valence-electron chi connectivity index (χ0n) is 36.4. The molecule has 0 saturated heterocycles. The molecule has 24 heteroatoms. The van der Waals surface area contributed by atoms with E-state index in [2.05, 4.69) is 42.5 Å². The van der Waals surface area contributed by atoms with Crippen LogP contribution in [0.3, 0.4) is 0 Å². The molecule has 0 fully saturated rings. The maximum absolute atomic E-state index is 13.5. The van der Waals surface area contributed by atoms with Gasteiger partial charge in [0, 0.05) is 25.7 Å². The largest absolute Gasteiger partial charge is 0.481 e. The van der Waals surface area contributed by atoms with Crippen molar-refractivity contribution in [3.05, 3.63) is 71.8 Å². The number of carboxylic acid groups (broad SMARTS) is 3. The highest BCUT2D eigenvalue weighted by Crippen LogP contribution is 2.07. The van der Waals surface area contributed by atoms with Crippen molar-refractivity contribution in [3.8, 4) is 0 Å². The van der Waals surface area contributed by atoms with Crippen molar-refractivity contribution in [3.63, 3.8) is 0 Å². The second-order valence-electron chi connectivity index (χ2n) is 15.1. The predicted octanol–water partition coefficient (Wildman–Crippen LogP) is -3.82. The lowest BCUT2D eigenvalue weighted by atomic mass is 10.0. The minimum Gasteiger partial charge on any atom is -0.481 e. The smallest absolute Gasteiger partial charge is 0.326 e. The third kappa shape index (κ3) is 19.9. The Morgan fingerprint density at radius 1 is 0.485 bits per heavy atom. The second-order valence-corrected chi connectivity index (χ2v) is 15.1. The summed E-state index contributed by atoms with van der Waals surface area (Å²) in [6, 6.07) is 5.69. The monoisotopic (exact) mass is 927 g/mol. The Morgan fingerprint density at radius 2 is 0.894 bits per heavy atom. The van der Waals surface area contributed by atoms with Crippen molar-refractivity contribution in [2.75, 3.05) is 13.2 Å². The molecule has 0 aliphatic heterocycles. The number of nitrogens with one attached hydrogen (secondary N) is 8. The SMILES string of the molecule is C[C@H](NC(=O)CNC(=O)[C@H](C)NC(=O)[C@H](CCC(=O)O)NC(=O)[C@@H](N)CCC(=O)O)C(=O)N[C@@H](C)C(=O)N[C@@H](Cc1ccccc1)C(=O)N[C@@H](CO)C(=O)N[C@@H](Cc1ccccc1)C(=O)O. The van der Waals surface area contributed by atoms with Crippen LogP contribution >= 0.6 is 0 Å². The molecule has 0 spiro atoms. The van der Waals surface area contributed by atoms with Gasteiger partial charge in [-0.05, 0) is 44.7 Å². The summed E-state index contributed by atoms with van der Waals surface area (Å²) >= 11 is 0. The first-order valence-corrected chi connectivity index (χ1v) is 20.6. The van der Waals surface area contributed by atoms with E-state index in [1.54, 1.807) is 60.7 Å². The number of aliphatic carboxylic acids is 3. The Kier molecular flexibility index (Phi) is 22.9. The lowest BCUT2D eigenvalue weighted by molar-refractivity contribution is -0.142.